The molecule has 1 saturated heterocycles. The van der Waals surface area contributed by atoms with Crippen molar-refractivity contribution in [1.82, 2.24) is 4.90 Å². The molecular weight excluding hydrogens is 202 g/mol. The molecule has 0 spiro atoms. The molecule has 1 heterocycles. The molecule has 2 fully saturated rings. The lowest BCUT2D eigenvalue weighted by Crippen LogP contribution is -2.40. The van der Waals surface area contributed by atoms with Crippen molar-refractivity contribution < 1.29 is 24.6 Å². The number of rotatable bonds is 3. The Morgan fingerprint density at radius 1 is 1.33 bits per heavy atom. The number of aliphatic hydroxyl groups excluding tert-OH is 1. The van der Waals surface area contributed by atoms with Crippen LogP contribution in [0.4, 0.5) is 0 Å². The molecule has 3 atom stereocenters. The molecule has 2 N–H and O–H groups in total. The number of nitrogens with zero attached hydrogens (tertiary/aromatic N) is 1. The molecule has 0 aromatic heterocycles. The second-order valence-corrected chi connectivity index (χ2v) is 3.93. The minimum atomic E-state index is -1.68. The van der Waals surface area contributed by atoms with Crippen LogP contribution in [0.5, 0.6) is 0 Å². The molecular formula is C9H11NO5. The van der Waals surface area contributed by atoms with Crippen molar-refractivity contribution in [3.05, 3.63) is 0 Å². The molecule has 6 heteroatoms. The van der Waals surface area contributed by atoms with E-state index in [2.05, 4.69) is 0 Å². The molecule has 0 bridgehead atoms. The Bertz CT molecular complexity index is 317. The number of aliphatic carboxylic acids is 1. The summed E-state index contributed by atoms with van der Waals surface area (Å²) in [6, 6.07) is 0. The number of hydrogen-bond donors (Lipinski definition) is 2. The Hall–Kier alpha value is -1.43. The average Bonchev–Trinajstić information content (AvgIpc) is 2.23. The van der Waals surface area contributed by atoms with E-state index in [-0.39, 0.29) is 23.7 Å². The topological polar surface area (TPSA) is 94.9 Å². The summed E-state index contributed by atoms with van der Waals surface area (Å²) in [6.07, 6.45) is -0.306. The molecule has 1 aliphatic heterocycles. The van der Waals surface area contributed by atoms with Crippen molar-refractivity contribution in [3.63, 3.8) is 0 Å². The largest absolute Gasteiger partial charge is 0.479 e. The summed E-state index contributed by atoms with van der Waals surface area (Å²) < 4.78 is 0. The number of aliphatic hydroxyl groups is 1. The van der Waals surface area contributed by atoms with Crippen molar-refractivity contribution in [2.75, 3.05) is 6.54 Å². The summed E-state index contributed by atoms with van der Waals surface area (Å²) >= 11 is 0. The zero-order valence-electron chi connectivity index (χ0n) is 7.92. The van der Waals surface area contributed by atoms with Crippen LogP contribution < -0.4 is 0 Å². The van der Waals surface area contributed by atoms with Gasteiger partial charge in [-0.25, -0.2) is 4.79 Å². The highest BCUT2D eigenvalue weighted by Gasteiger charge is 2.53. The molecule has 0 aromatic rings. The lowest BCUT2D eigenvalue weighted by atomic mass is 9.76. The van der Waals surface area contributed by atoms with Crippen LogP contribution in [0.25, 0.3) is 0 Å². The number of carboxylic acids is 1. The van der Waals surface area contributed by atoms with Gasteiger partial charge in [0.25, 0.3) is 0 Å². The SMILES string of the molecule is O=C(O)C(O)CN1C(=O)[C@H]2CC[C@H]2C1=O. The first-order valence-corrected chi connectivity index (χ1v) is 4.78. The van der Waals surface area contributed by atoms with Gasteiger partial charge in [0.1, 0.15) is 0 Å². The highest BCUT2D eigenvalue weighted by atomic mass is 16.4. The molecule has 0 radical (unpaired) electrons. The predicted molar refractivity (Wildman–Crippen MR) is 46.6 cm³/mol. The van der Waals surface area contributed by atoms with E-state index in [1.165, 1.54) is 0 Å². The van der Waals surface area contributed by atoms with Gasteiger partial charge in [-0.15, -0.1) is 0 Å². The van der Waals surface area contributed by atoms with Crippen LogP contribution in [0.2, 0.25) is 0 Å². The Morgan fingerprint density at radius 3 is 2.13 bits per heavy atom. The first-order valence-electron chi connectivity index (χ1n) is 4.78. The van der Waals surface area contributed by atoms with Crippen LogP contribution >= 0.6 is 0 Å². The Morgan fingerprint density at radius 2 is 1.80 bits per heavy atom. The van der Waals surface area contributed by atoms with Gasteiger partial charge in [0.05, 0.1) is 18.4 Å². The fourth-order valence-corrected chi connectivity index (χ4v) is 2.03. The number of carbonyl (C=O) groups is 3. The Kier molecular flexibility index (Phi) is 2.22. The number of carbonyl (C=O) groups excluding carboxylic acids is 2. The van der Waals surface area contributed by atoms with Crippen LogP contribution in [-0.2, 0) is 14.4 Å². The number of hydrogen-bond acceptors (Lipinski definition) is 4. The zero-order chi connectivity index (χ0) is 11.2. The number of carboxylic acid groups (broad SMARTS) is 1. The monoisotopic (exact) mass is 213 g/mol. The first-order chi connectivity index (χ1) is 7.02. The van der Waals surface area contributed by atoms with Crippen molar-refractivity contribution in [1.29, 1.82) is 0 Å². The molecule has 15 heavy (non-hydrogen) atoms. The minimum Gasteiger partial charge on any atom is -0.479 e. The number of fused-ring (bicyclic) bond motifs is 1. The normalized spacial score (nSPS) is 31.1. The third-order valence-electron chi connectivity index (χ3n) is 3.08. The van der Waals surface area contributed by atoms with E-state index >= 15 is 0 Å². The lowest BCUT2D eigenvalue weighted by Gasteiger charge is -2.24. The summed E-state index contributed by atoms with van der Waals surface area (Å²) in [5.41, 5.74) is 0. The van der Waals surface area contributed by atoms with Gasteiger partial charge >= 0.3 is 5.97 Å². The zero-order valence-corrected chi connectivity index (χ0v) is 7.92. The van der Waals surface area contributed by atoms with E-state index in [0.717, 1.165) is 4.90 Å². The summed E-state index contributed by atoms with van der Waals surface area (Å²) in [7, 11) is 0. The number of amides is 2. The van der Waals surface area contributed by atoms with E-state index in [4.69, 9.17) is 10.2 Å². The van der Waals surface area contributed by atoms with Crippen LogP contribution in [0.1, 0.15) is 12.8 Å². The van der Waals surface area contributed by atoms with Gasteiger partial charge in [-0.1, -0.05) is 0 Å². The summed E-state index contributed by atoms with van der Waals surface area (Å²) in [5.74, 6) is -2.63. The van der Waals surface area contributed by atoms with Crippen molar-refractivity contribution >= 4 is 17.8 Å². The molecule has 0 aromatic carbocycles. The summed E-state index contributed by atoms with van der Waals surface area (Å²) in [5, 5.41) is 17.5. The maximum Gasteiger partial charge on any atom is 0.334 e. The maximum atomic E-state index is 11.5. The standard InChI is InChI=1S/C9H11NO5/c11-6(9(14)15)3-10-7(12)4-1-2-5(4)8(10)13/h4-6,11H,1-3H2,(H,14,15)/t4-,5+,6?. The van der Waals surface area contributed by atoms with E-state index in [1.807, 2.05) is 0 Å². The second kappa shape index (κ2) is 3.30. The molecule has 2 rings (SSSR count). The van der Waals surface area contributed by atoms with Gasteiger partial charge in [0, 0.05) is 0 Å². The van der Waals surface area contributed by atoms with E-state index in [1.54, 1.807) is 0 Å². The summed E-state index contributed by atoms with van der Waals surface area (Å²) in [6.45, 7) is -0.431. The Balaban J connectivity index is 2.06. The van der Waals surface area contributed by atoms with Crippen LogP contribution in [0, 0.1) is 11.8 Å². The van der Waals surface area contributed by atoms with Gasteiger partial charge in [-0.05, 0) is 12.8 Å². The van der Waals surface area contributed by atoms with Gasteiger partial charge in [0.15, 0.2) is 6.10 Å². The molecule has 1 unspecified atom stereocenters. The first kappa shape index (κ1) is 10.1. The van der Waals surface area contributed by atoms with Gasteiger partial charge in [0.2, 0.25) is 11.8 Å². The van der Waals surface area contributed by atoms with E-state index < -0.39 is 18.6 Å². The van der Waals surface area contributed by atoms with E-state index in [9.17, 15) is 14.4 Å². The molecule has 1 saturated carbocycles. The van der Waals surface area contributed by atoms with Crippen LogP contribution in [-0.4, -0.2) is 45.5 Å². The quantitative estimate of drug-likeness (QED) is 0.576. The average molecular weight is 213 g/mol. The van der Waals surface area contributed by atoms with Gasteiger partial charge in [-0.2, -0.15) is 0 Å². The Labute approximate surface area is 85.5 Å². The van der Waals surface area contributed by atoms with Crippen LogP contribution in [0.15, 0.2) is 0 Å². The van der Waals surface area contributed by atoms with Gasteiger partial charge in [-0.3, -0.25) is 14.5 Å². The summed E-state index contributed by atoms with van der Waals surface area (Å²) in [4.78, 5) is 34.3. The van der Waals surface area contributed by atoms with Crippen molar-refractivity contribution in [2.24, 2.45) is 11.8 Å². The highest BCUT2D eigenvalue weighted by Crippen LogP contribution is 2.42. The molecule has 6 nitrogen and oxygen atoms in total. The minimum absolute atomic E-state index is 0.265. The third-order valence-corrected chi connectivity index (χ3v) is 3.08. The molecule has 2 aliphatic rings. The fourth-order valence-electron chi connectivity index (χ4n) is 2.03. The second-order valence-electron chi connectivity index (χ2n) is 3.93. The molecule has 82 valence electrons. The molecule has 2 amide bonds. The predicted octanol–water partition coefficient (Wildman–Crippen LogP) is -1.17. The smallest absolute Gasteiger partial charge is 0.334 e. The number of likely N-dealkylation sites (tertiary alicyclic amines) is 1. The van der Waals surface area contributed by atoms with Crippen molar-refractivity contribution in [3.8, 4) is 0 Å². The number of imide groups is 1. The highest BCUT2D eigenvalue weighted by molar-refractivity contribution is 6.06. The van der Waals surface area contributed by atoms with Crippen LogP contribution in [0.3, 0.4) is 0 Å². The van der Waals surface area contributed by atoms with E-state index in [0.29, 0.717) is 12.8 Å². The van der Waals surface area contributed by atoms with Crippen molar-refractivity contribution in [2.45, 2.75) is 18.9 Å². The fraction of sp³-hybridized carbons (Fsp3) is 0.667. The van der Waals surface area contributed by atoms with Gasteiger partial charge < -0.3 is 10.2 Å². The third kappa shape index (κ3) is 1.41. The molecule has 1 aliphatic carbocycles. The lowest BCUT2D eigenvalue weighted by molar-refractivity contribution is -0.150. The maximum absolute atomic E-state index is 11.5. The number of β-amino-alcohol motifs (C(OH)–C–C–N with tert-alkyl or cyclic N) is 1.